The van der Waals surface area contributed by atoms with Crippen LogP contribution in [0.25, 0.3) is 10.8 Å². The molecule has 0 fully saturated rings. The average Bonchev–Trinajstić information content (AvgIpc) is 2.59. The fourth-order valence-corrected chi connectivity index (χ4v) is 2.34. The first-order valence-electron chi connectivity index (χ1n) is 7.10. The second kappa shape index (κ2) is 6.23. The van der Waals surface area contributed by atoms with E-state index in [-0.39, 0.29) is 16.5 Å². The number of hydrogen-bond acceptors (Lipinski definition) is 2. The summed E-state index contributed by atoms with van der Waals surface area (Å²) < 4.78 is 78.2. The van der Waals surface area contributed by atoms with Crippen LogP contribution in [0.2, 0.25) is 0 Å². The molecule has 2 nitrogen and oxygen atoms in total. The van der Waals surface area contributed by atoms with E-state index >= 15 is 0 Å². The Morgan fingerprint density at radius 1 is 0.800 bits per heavy atom. The number of ether oxygens (including phenoxy) is 2. The van der Waals surface area contributed by atoms with Crippen LogP contribution in [0.15, 0.2) is 48.5 Å². The summed E-state index contributed by atoms with van der Waals surface area (Å²) >= 11 is 0. The molecule has 130 valence electrons. The van der Waals surface area contributed by atoms with E-state index in [0.717, 1.165) is 30.3 Å². The first-order valence-corrected chi connectivity index (χ1v) is 7.10. The molecule has 0 heterocycles. The van der Waals surface area contributed by atoms with Gasteiger partial charge in [0.2, 0.25) is 0 Å². The molecule has 0 radical (unpaired) electrons. The third-order valence-corrected chi connectivity index (χ3v) is 3.62. The summed E-state index contributed by atoms with van der Waals surface area (Å²) in [6, 6.07) is 8.79. The smallest absolute Gasteiger partial charge is 0.426 e. The van der Waals surface area contributed by atoms with Crippen LogP contribution < -0.4 is 9.47 Å². The maximum absolute atomic E-state index is 14.2. The molecule has 0 spiro atoms. The van der Waals surface area contributed by atoms with Crippen molar-refractivity contribution in [1.29, 1.82) is 0 Å². The molecule has 0 saturated heterocycles. The van der Waals surface area contributed by atoms with Crippen molar-refractivity contribution in [3.05, 3.63) is 71.5 Å². The van der Waals surface area contributed by atoms with E-state index in [2.05, 4.69) is 4.74 Å². The topological polar surface area (TPSA) is 18.5 Å². The highest BCUT2D eigenvalue weighted by Gasteiger charge is 2.34. The summed E-state index contributed by atoms with van der Waals surface area (Å²) in [6.07, 6.45) is -3.68. The molecule has 25 heavy (non-hydrogen) atoms. The summed E-state index contributed by atoms with van der Waals surface area (Å²) in [6.45, 7) is 0. The molecule has 3 aromatic rings. The van der Waals surface area contributed by atoms with Crippen LogP contribution in [-0.2, 0) is 6.11 Å². The maximum atomic E-state index is 14.2. The molecule has 0 aliphatic rings. The molecule has 0 bridgehead atoms. The SMILES string of the molecule is COc1ccc(C(F)(F)Oc2ccc3c(F)c(F)c(F)cc3c2)cc1. The number of halogens is 5. The zero-order valence-electron chi connectivity index (χ0n) is 12.8. The number of benzene rings is 3. The van der Waals surface area contributed by atoms with Gasteiger partial charge in [-0.15, -0.1) is 0 Å². The Bertz CT molecular complexity index is 923. The van der Waals surface area contributed by atoms with Crippen molar-refractivity contribution in [3.8, 4) is 11.5 Å². The molecule has 3 aromatic carbocycles. The summed E-state index contributed by atoms with van der Waals surface area (Å²) in [4.78, 5) is 0. The lowest BCUT2D eigenvalue weighted by atomic mass is 10.1. The molecule has 3 rings (SSSR count). The monoisotopic (exact) mass is 354 g/mol. The Morgan fingerprint density at radius 2 is 1.44 bits per heavy atom. The zero-order valence-corrected chi connectivity index (χ0v) is 12.8. The van der Waals surface area contributed by atoms with E-state index in [0.29, 0.717) is 11.8 Å². The van der Waals surface area contributed by atoms with Gasteiger partial charge in [-0.2, -0.15) is 8.78 Å². The lowest BCUT2D eigenvalue weighted by Crippen LogP contribution is -2.21. The van der Waals surface area contributed by atoms with Gasteiger partial charge < -0.3 is 9.47 Å². The van der Waals surface area contributed by atoms with Gasteiger partial charge in [0.05, 0.1) is 12.7 Å². The Kier molecular flexibility index (Phi) is 4.24. The molecule has 0 atom stereocenters. The van der Waals surface area contributed by atoms with Crippen LogP contribution in [0.5, 0.6) is 11.5 Å². The van der Waals surface area contributed by atoms with E-state index in [1.165, 1.54) is 19.2 Å². The Balaban J connectivity index is 1.94. The molecular formula is C18H11F5O2. The first-order chi connectivity index (χ1) is 11.8. The Labute approximate surface area is 139 Å². The van der Waals surface area contributed by atoms with E-state index in [4.69, 9.17) is 4.74 Å². The van der Waals surface area contributed by atoms with Crippen molar-refractivity contribution < 1.29 is 31.4 Å². The minimum Gasteiger partial charge on any atom is -0.497 e. The summed E-state index contributed by atoms with van der Waals surface area (Å²) in [7, 11) is 1.40. The van der Waals surface area contributed by atoms with Gasteiger partial charge in [0.15, 0.2) is 17.5 Å². The van der Waals surface area contributed by atoms with Crippen LogP contribution in [-0.4, -0.2) is 7.11 Å². The standard InChI is InChI=1S/C18H11F5O2/c1-24-12-4-2-11(3-5-12)18(22,23)25-13-6-7-14-10(8-13)9-15(19)17(21)16(14)20/h2-9H,1H3. The molecule has 0 aliphatic carbocycles. The number of hydrogen-bond donors (Lipinski definition) is 0. The highest BCUT2D eigenvalue weighted by atomic mass is 19.3. The first kappa shape index (κ1) is 17.0. The van der Waals surface area contributed by atoms with E-state index in [9.17, 15) is 22.0 Å². The van der Waals surface area contributed by atoms with Crippen LogP contribution in [0.3, 0.4) is 0 Å². The predicted octanol–water partition coefficient (Wildman–Crippen LogP) is 5.39. The van der Waals surface area contributed by atoms with Gasteiger partial charge in [-0.3, -0.25) is 0 Å². The minimum absolute atomic E-state index is 0.0977. The summed E-state index contributed by atoms with van der Waals surface area (Å²) in [5.41, 5.74) is -0.426. The van der Waals surface area contributed by atoms with Crippen molar-refractivity contribution in [2.24, 2.45) is 0 Å². The number of methoxy groups -OCH3 is 1. The number of rotatable bonds is 4. The third kappa shape index (κ3) is 3.22. The molecule has 0 aliphatic heterocycles. The predicted molar refractivity (Wildman–Crippen MR) is 81.3 cm³/mol. The van der Waals surface area contributed by atoms with Crippen molar-refractivity contribution in [3.63, 3.8) is 0 Å². The largest absolute Gasteiger partial charge is 0.497 e. The van der Waals surface area contributed by atoms with Gasteiger partial charge in [-0.25, -0.2) is 13.2 Å². The van der Waals surface area contributed by atoms with E-state index in [1.54, 1.807) is 0 Å². The van der Waals surface area contributed by atoms with Crippen LogP contribution in [0, 0.1) is 17.5 Å². The zero-order chi connectivity index (χ0) is 18.2. The van der Waals surface area contributed by atoms with Gasteiger partial charge in [0.25, 0.3) is 0 Å². The van der Waals surface area contributed by atoms with Crippen LogP contribution in [0.4, 0.5) is 22.0 Å². The van der Waals surface area contributed by atoms with Crippen LogP contribution in [0.1, 0.15) is 5.56 Å². The molecule has 7 heteroatoms. The van der Waals surface area contributed by atoms with Gasteiger partial charge in [0.1, 0.15) is 11.5 Å². The van der Waals surface area contributed by atoms with E-state index < -0.39 is 29.1 Å². The van der Waals surface area contributed by atoms with E-state index in [1.807, 2.05) is 0 Å². The summed E-state index contributed by atoms with van der Waals surface area (Å²) in [5.74, 6) is -4.34. The fourth-order valence-electron chi connectivity index (χ4n) is 2.34. The molecule has 0 saturated carbocycles. The average molecular weight is 354 g/mol. The maximum Gasteiger partial charge on any atom is 0.426 e. The Hall–Kier alpha value is -2.83. The molecular weight excluding hydrogens is 343 g/mol. The third-order valence-electron chi connectivity index (χ3n) is 3.62. The molecule has 0 N–H and O–H groups in total. The normalized spacial score (nSPS) is 11.6. The second-order valence-corrected chi connectivity index (χ2v) is 5.22. The number of alkyl halides is 2. The van der Waals surface area contributed by atoms with Crippen molar-refractivity contribution in [2.45, 2.75) is 6.11 Å². The minimum atomic E-state index is -3.68. The highest BCUT2D eigenvalue weighted by molar-refractivity contribution is 5.84. The fraction of sp³-hybridized carbons (Fsp3) is 0.111. The second-order valence-electron chi connectivity index (χ2n) is 5.22. The quantitative estimate of drug-likeness (QED) is 0.462. The lowest BCUT2D eigenvalue weighted by molar-refractivity contribution is -0.185. The number of fused-ring (bicyclic) bond motifs is 1. The lowest BCUT2D eigenvalue weighted by Gasteiger charge is -2.19. The Morgan fingerprint density at radius 3 is 2.08 bits per heavy atom. The summed E-state index contributed by atoms with van der Waals surface area (Å²) in [5, 5.41) is -0.335. The molecule has 0 unspecified atom stereocenters. The van der Waals surface area contributed by atoms with Gasteiger partial charge in [-0.05, 0) is 53.9 Å². The van der Waals surface area contributed by atoms with Crippen molar-refractivity contribution in [1.82, 2.24) is 0 Å². The van der Waals surface area contributed by atoms with Crippen LogP contribution >= 0.6 is 0 Å². The highest BCUT2D eigenvalue weighted by Crippen LogP contribution is 2.34. The van der Waals surface area contributed by atoms with Gasteiger partial charge in [0, 0.05) is 5.39 Å². The van der Waals surface area contributed by atoms with Gasteiger partial charge in [-0.1, -0.05) is 0 Å². The van der Waals surface area contributed by atoms with Crippen molar-refractivity contribution in [2.75, 3.05) is 7.11 Å². The van der Waals surface area contributed by atoms with Gasteiger partial charge >= 0.3 is 6.11 Å². The molecule has 0 aromatic heterocycles. The van der Waals surface area contributed by atoms with Crippen molar-refractivity contribution >= 4 is 10.8 Å². The molecule has 0 amide bonds.